The van der Waals surface area contributed by atoms with Crippen LogP contribution in [0.1, 0.15) is 40.7 Å². The van der Waals surface area contributed by atoms with Crippen molar-refractivity contribution in [1.82, 2.24) is 14.9 Å². The smallest absolute Gasteiger partial charge is 0.254 e. The molecule has 0 aliphatic carbocycles. The molecule has 6 heteroatoms. The Labute approximate surface area is 171 Å². The predicted octanol–water partition coefficient (Wildman–Crippen LogP) is 4.05. The topological polar surface area (TPSA) is 75.2 Å². The van der Waals surface area contributed by atoms with Crippen LogP contribution in [0, 0.1) is 20.8 Å². The number of amides is 2. The highest BCUT2D eigenvalue weighted by atomic mass is 16.2. The maximum atomic E-state index is 13.1. The van der Waals surface area contributed by atoms with Crippen molar-refractivity contribution in [2.75, 3.05) is 18.4 Å². The molecular weight excluding hydrogens is 364 g/mol. The third kappa shape index (κ3) is 4.77. The normalized spacial score (nSPS) is 10.8. The number of fused-ring (bicyclic) bond motifs is 1. The van der Waals surface area contributed by atoms with Crippen LogP contribution in [0.15, 0.2) is 42.5 Å². The molecule has 1 N–H and O–H groups in total. The van der Waals surface area contributed by atoms with E-state index in [1.165, 1.54) is 0 Å². The lowest BCUT2D eigenvalue weighted by Gasteiger charge is -2.22. The summed E-state index contributed by atoms with van der Waals surface area (Å²) in [6, 6.07) is 12.9. The molecule has 1 aromatic heterocycles. The lowest BCUT2D eigenvalue weighted by Crippen LogP contribution is -2.38. The zero-order valence-electron chi connectivity index (χ0n) is 17.3. The summed E-state index contributed by atoms with van der Waals surface area (Å²) in [5.74, 6) is -0.401. The number of carbonyl (C=O) groups excluding carboxylic acids is 2. The first-order valence-electron chi connectivity index (χ1n) is 9.78. The minimum atomic E-state index is -0.215. The van der Waals surface area contributed by atoms with Crippen LogP contribution in [-0.2, 0) is 4.79 Å². The highest BCUT2D eigenvalue weighted by Crippen LogP contribution is 2.17. The van der Waals surface area contributed by atoms with Gasteiger partial charge in [-0.1, -0.05) is 25.1 Å². The molecule has 3 aromatic rings. The number of anilines is 1. The average molecular weight is 390 g/mol. The van der Waals surface area contributed by atoms with Crippen LogP contribution in [0.25, 0.3) is 11.0 Å². The summed E-state index contributed by atoms with van der Waals surface area (Å²) < 4.78 is 0. The number of aryl methyl sites for hydroxylation is 3. The van der Waals surface area contributed by atoms with E-state index in [0.717, 1.165) is 34.6 Å². The summed E-state index contributed by atoms with van der Waals surface area (Å²) >= 11 is 0. The summed E-state index contributed by atoms with van der Waals surface area (Å²) in [5, 5.41) is 2.89. The number of carbonyl (C=O) groups is 2. The van der Waals surface area contributed by atoms with Crippen LogP contribution in [0.4, 0.5) is 5.69 Å². The Hall–Kier alpha value is -3.28. The number of nitrogens with one attached hydrogen (secondary N) is 1. The molecule has 0 fully saturated rings. The number of benzene rings is 2. The molecule has 0 radical (unpaired) electrons. The van der Waals surface area contributed by atoms with Crippen molar-refractivity contribution in [2.24, 2.45) is 0 Å². The third-order valence-corrected chi connectivity index (χ3v) is 4.86. The van der Waals surface area contributed by atoms with Gasteiger partial charge in [0.1, 0.15) is 6.54 Å². The molecule has 0 saturated heterocycles. The van der Waals surface area contributed by atoms with Crippen molar-refractivity contribution in [1.29, 1.82) is 0 Å². The fraction of sp³-hybridized carbons (Fsp3) is 0.304. The van der Waals surface area contributed by atoms with E-state index < -0.39 is 0 Å². The second kappa shape index (κ2) is 8.82. The molecule has 0 atom stereocenters. The van der Waals surface area contributed by atoms with Gasteiger partial charge in [-0.25, -0.2) is 9.97 Å². The van der Waals surface area contributed by atoms with Gasteiger partial charge in [0.2, 0.25) is 5.91 Å². The molecule has 0 bridgehead atoms. The Balaban J connectivity index is 1.80. The fourth-order valence-corrected chi connectivity index (χ4v) is 3.14. The first kappa shape index (κ1) is 20.5. The standard InChI is InChI=1S/C23H26N4O2/c1-5-12-27(14-22(28)26-19-9-7-6-8-15(19)2)23(29)18-10-11-20-21(13-18)25-17(4)16(3)24-20/h6-11,13H,5,12,14H2,1-4H3,(H,26,28). The second-order valence-corrected chi connectivity index (χ2v) is 7.19. The van der Waals surface area contributed by atoms with Gasteiger partial charge in [-0.15, -0.1) is 0 Å². The molecule has 150 valence electrons. The van der Waals surface area contributed by atoms with Gasteiger partial charge in [-0.05, 0) is 57.0 Å². The molecule has 0 aliphatic rings. The lowest BCUT2D eigenvalue weighted by atomic mass is 10.1. The van der Waals surface area contributed by atoms with Gasteiger partial charge in [0, 0.05) is 17.8 Å². The van der Waals surface area contributed by atoms with Crippen LogP contribution < -0.4 is 5.32 Å². The Kier molecular flexibility index (Phi) is 6.22. The van der Waals surface area contributed by atoms with E-state index in [1.807, 2.05) is 52.0 Å². The quantitative estimate of drug-likeness (QED) is 0.689. The van der Waals surface area contributed by atoms with Crippen molar-refractivity contribution in [3.63, 3.8) is 0 Å². The number of hydrogen-bond donors (Lipinski definition) is 1. The molecule has 0 saturated carbocycles. The Bertz CT molecular complexity index is 1060. The summed E-state index contributed by atoms with van der Waals surface area (Å²) in [7, 11) is 0. The number of rotatable bonds is 6. The molecule has 2 amide bonds. The first-order chi connectivity index (χ1) is 13.9. The fourth-order valence-electron chi connectivity index (χ4n) is 3.14. The zero-order chi connectivity index (χ0) is 21.0. The van der Waals surface area contributed by atoms with Crippen molar-refractivity contribution < 1.29 is 9.59 Å². The van der Waals surface area contributed by atoms with Gasteiger partial charge in [-0.2, -0.15) is 0 Å². The van der Waals surface area contributed by atoms with Gasteiger partial charge in [0.15, 0.2) is 0 Å². The zero-order valence-corrected chi connectivity index (χ0v) is 17.3. The van der Waals surface area contributed by atoms with Crippen molar-refractivity contribution in [3.8, 4) is 0 Å². The van der Waals surface area contributed by atoms with E-state index in [-0.39, 0.29) is 18.4 Å². The summed E-state index contributed by atoms with van der Waals surface area (Å²) in [6.07, 6.45) is 0.759. The number of para-hydroxylation sites is 1. The highest BCUT2D eigenvalue weighted by Gasteiger charge is 2.19. The molecule has 3 rings (SSSR count). The maximum absolute atomic E-state index is 13.1. The monoisotopic (exact) mass is 390 g/mol. The molecule has 29 heavy (non-hydrogen) atoms. The average Bonchev–Trinajstić information content (AvgIpc) is 2.69. The summed E-state index contributed by atoms with van der Waals surface area (Å²) in [5.41, 5.74) is 5.39. The van der Waals surface area contributed by atoms with Crippen molar-refractivity contribution in [3.05, 3.63) is 65.0 Å². The Morgan fingerprint density at radius 3 is 2.34 bits per heavy atom. The van der Waals surface area contributed by atoms with Gasteiger partial charge in [-0.3, -0.25) is 9.59 Å². The highest BCUT2D eigenvalue weighted by molar-refractivity contribution is 6.01. The summed E-state index contributed by atoms with van der Waals surface area (Å²) in [4.78, 5) is 36.3. The van der Waals surface area contributed by atoms with Crippen molar-refractivity contribution >= 4 is 28.5 Å². The van der Waals surface area contributed by atoms with E-state index in [1.54, 1.807) is 23.1 Å². The van der Waals surface area contributed by atoms with Crippen molar-refractivity contribution in [2.45, 2.75) is 34.1 Å². The van der Waals surface area contributed by atoms with Gasteiger partial charge < -0.3 is 10.2 Å². The van der Waals surface area contributed by atoms with E-state index in [0.29, 0.717) is 17.6 Å². The van der Waals surface area contributed by atoms with Crippen LogP contribution in [0.3, 0.4) is 0 Å². The minimum absolute atomic E-state index is 0.00233. The van der Waals surface area contributed by atoms with Gasteiger partial charge in [0.25, 0.3) is 5.91 Å². The van der Waals surface area contributed by atoms with Crippen LogP contribution in [-0.4, -0.2) is 39.8 Å². The predicted molar refractivity (Wildman–Crippen MR) is 115 cm³/mol. The number of nitrogens with zero attached hydrogens (tertiary/aromatic N) is 3. The van der Waals surface area contributed by atoms with Crippen LogP contribution >= 0.6 is 0 Å². The molecule has 6 nitrogen and oxygen atoms in total. The molecule has 1 heterocycles. The molecule has 0 aliphatic heterocycles. The lowest BCUT2D eigenvalue weighted by molar-refractivity contribution is -0.116. The minimum Gasteiger partial charge on any atom is -0.329 e. The van der Waals surface area contributed by atoms with Crippen LogP contribution in [0.2, 0.25) is 0 Å². The maximum Gasteiger partial charge on any atom is 0.254 e. The Morgan fingerprint density at radius 1 is 0.966 bits per heavy atom. The van der Waals surface area contributed by atoms with E-state index in [4.69, 9.17) is 0 Å². The Morgan fingerprint density at radius 2 is 1.66 bits per heavy atom. The number of aromatic nitrogens is 2. The summed E-state index contributed by atoms with van der Waals surface area (Å²) in [6.45, 7) is 8.22. The van der Waals surface area contributed by atoms with E-state index in [2.05, 4.69) is 15.3 Å². The van der Waals surface area contributed by atoms with Gasteiger partial charge in [0.05, 0.1) is 22.4 Å². The van der Waals surface area contributed by atoms with Gasteiger partial charge >= 0.3 is 0 Å². The molecule has 2 aromatic carbocycles. The third-order valence-electron chi connectivity index (χ3n) is 4.86. The number of hydrogen-bond acceptors (Lipinski definition) is 4. The molecule has 0 unspecified atom stereocenters. The van der Waals surface area contributed by atoms with E-state index >= 15 is 0 Å². The van der Waals surface area contributed by atoms with E-state index in [9.17, 15) is 9.59 Å². The largest absolute Gasteiger partial charge is 0.329 e. The van der Waals surface area contributed by atoms with Crippen LogP contribution in [0.5, 0.6) is 0 Å². The second-order valence-electron chi connectivity index (χ2n) is 7.19. The first-order valence-corrected chi connectivity index (χ1v) is 9.78. The SMILES string of the molecule is CCCN(CC(=O)Nc1ccccc1C)C(=O)c1ccc2nc(C)c(C)nc2c1. The molecular formula is C23H26N4O2. The molecule has 0 spiro atoms.